The first-order chi connectivity index (χ1) is 12.9. The van der Waals surface area contributed by atoms with Gasteiger partial charge in [0.05, 0.1) is 23.7 Å². The van der Waals surface area contributed by atoms with Crippen LogP contribution >= 0.6 is 0 Å². The summed E-state index contributed by atoms with van der Waals surface area (Å²) in [4.78, 5) is 24.4. The van der Waals surface area contributed by atoms with Crippen LogP contribution in [0.4, 0.5) is 0 Å². The van der Waals surface area contributed by atoms with Crippen LogP contribution in [0.2, 0.25) is 0 Å². The Balaban J connectivity index is 1.71. The Bertz CT molecular complexity index is 979. The third-order valence-electron chi connectivity index (χ3n) is 3.91. The summed E-state index contributed by atoms with van der Waals surface area (Å²) in [6.07, 6.45) is 1.75. The van der Waals surface area contributed by atoms with Crippen LogP contribution in [-0.2, 0) is 14.6 Å². The van der Waals surface area contributed by atoms with Crippen molar-refractivity contribution >= 4 is 21.6 Å². The van der Waals surface area contributed by atoms with Crippen LogP contribution in [0.5, 0.6) is 11.5 Å². The number of ketones is 1. The van der Waals surface area contributed by atoms with Gasteiger partial charge < -0.3 is 14.2 Å². The Labute approximate surface area is 156 Å². The van der Waals surface area contributed by atoms with Gasteiger partial charge >= 0.3 is 5.97 Å². The summed E-state index contributed by atoms with van der Waals surface area (Å²) in [5.41, 5.74) is 0.204. The largest absolute Gasteiger partial charge is 0.490 e. The molecule has 2 aromatic carbocycles. The molecule has 0 aromatic heterocycles. The molecule has 0 radical (unpaired) electrons. The number of carbonyl (C=O) groups is 2. The van der Waals surface area contributed by atoms with E-state index in [1.165, 1.54) is 24.3 Å². The van der Waals surface area contributed by atoms with E-state index in [9.17, 15) is 18.0 Å². The van der Waals surface area contributed by atoms with Crippen molar-refractivity contribution in [3.05, 3.63) is 53.6 Å². The number of rotatable bonds is 5. The second-order valence-electron chi connectivity index (χ2n) is 5.98. The molecule has 0 aliphatic carbocycles. The molecular formula is C19H18O7S. The van der Waals surface area contributed by atoms with E-state index in [2.05, 4.69) is 0 Å². The summed E-state index contributed by atoms with van der Waals surface area (Å²) >= 11 is 0. The van der Waals surface area contributed by atoms with Crippen LogP contribution < -0.4 is 9.47 Å². The normalized spacial score (nSPS) is 13.5. The lowest BCUT2D eigenvalue weighted by Crippen LogP contribution is -2.16. The number of esters is 1. The number of carbonyl (C=O) groups excluding carboxylic acids is 2. The van der Waals surface area contributed by atoms with E-state index in [4.69, 9.17) is 14.2 Å². The number of hydrogen-bond donors (Lipinski definition) is 0. The van der Waals surface area contributed by atoms with Crippen LogP contribution in [0.15, 0.2) is 47.4 Å². The predicted octanol–water partition coefficient (Wildman–Crippen LogP) is 2.29. The van der Waals surface area contributed by atoms with E-state index in [1.54, 1.807) is 18.2 Å². The maximum absolute atomic E-state index is 12.3. The second-order valence-corrected chi connectivity index (χ2v) is 7.96. The van der Waals surface area contributed by atoms with E-state index in [-0.39, 0.29) is 10.5 Å². The van der Waals surface area contributed by atoms with E-state index in [1.807, 2.05) is 0 Å². The summed E-state index contributed by atoms with van der Waals surface area (Å²) < 4.78 is 39.6. The maximum atomic E-state index is 12.3. The van der Waals surface area contributed by atoms with Crippen molar-refractivity contribution in [2.75, 3.05) is 26.1 Å². The van der Waals surface area contributed by atoms with E-state index >= 15 is 0 Å². The molecule has 1 aliphatic heterocycles. The summed E-state index contributed by atoms with van der Waals surface area (Å²) in [5.74, 6) is -0.287. The molecule has 0 amide bonds. The monoisotopic (exact) mass is 390 g/mol. The van der Waals surface area contributed by atoms with Crippen molar-refractivity contribution < 1.29 is 32.2 Å². The fraction of sp³-hybridized carbons (Fsp3) is 0.263. The van der Waals surface area contributed by atoms with Gasteiger partial charge in [-0.05, 0) is 30.3 Å². The minimum atomic E-state index is -3.60. The zero-order valence-corrected chi connectivity index (χ0v) is 15.5. The number of benzene rings is 2. The molecule has 0 spiro atoms. The Morgan fingerprint density at radius 2 is 1.74 bits per heavy atom. The average Bonchev–Trinajstić information content (AvgIpc) is 2.89. The molecule has 2 aromatic rings. The molecule has 8 heteroatoms. The molecule has 0 atom stereocenters. The van der Waals surface area contributed by atoms with E-state index in [0.717, 1.165) is 12.7 Å². The van der Waals surface area contributed by atoms with E-state index < -0.39 is 28.2 Å². The third-order valence-corrected chi connectivity index (χ3v) is 5.07. The SMILES string of the molecule is CS(=O)(=O)c1ccccc1C(=O)OCC(=O)c1ccc2c(c1)OCCCO2. The van der Waals surface area contributed by atoms with Gasteiger partial charge in [0.1, 0.15) is 0 Å². The first-order valence-electron chi connectivity index (χ1n) is 8.25. The number of Topliss-reactive ketones (excluding diaryl/α,β-unsaturated/α-hetero) is 1. The summed E-state index contributed by atoms with van der Waals surface area (Å²) in [7, 11) is -3.60. The fourth-order valence-electron chi connectivity index (χ4n) is 2.59. The minimum Gasteiger partial charge on any atom is -0.490 e. The number of fused-ring (bicyclic) bond motifs is 1. The number of hydrogen-bond acceptors (Lipinski definition) is 7. The van der Waals surface area contributed by atoms with Gasteiger partial charge in [0.2, 0.25) is 0 Å². The van der Waals surface area contributed by atoms with Crippen molar-refractivity contribution in [2.45, 2.75) is 11.3 Å². The lowest BCUT2D eigenvalue weighted by molar-refractivity contribution is 0.0471. The van der Waals surface area contributed by atoms with Crippen molar-refractivity contribution in [1.82, 2.24) is 0 Å². The van der Waals surface area contributed by atoms with Gasteiger partial charge in [-0.1, -0.05) is 12.1 Å². The van der Waals surface area contributed by atoms with Gasteiger partial charge in [0, 0.05) is 18.2 Å². The molecule has 0 N–H and O–H groups in total. The van der Waals surface area contributed by atoms with Crippen molar-refractivity contribution in [2.24, 2.45) is 0 Å². The van der Waals surface area contributed by atoms with Gasteiger partial charge in [-0.3, -0.25) is 4.79 Å². The van der Waals surface area contributed by atoms with Gasteiger partial charge in [-0.2, -0.15) is 0 Å². The van der Waals surface area contributed by atoms with Crippen LogP contribution in [0.3, 0.4) is 0 Å². The summed E-state index contributed by atoms with van der Waals surface area (Å²) in [6.45, 7) is 0.510. The first kappa shape index (κ1) is 18.9. The molecular weight excluding hydrogens is 372 g/mol. The van der Waals surface area contributed by atoms with Gasteiger partial charge in [0.15, 0.2) is 33.7 Å². The first-order valence-corrected chi connectivity index (χ1v) is 10.1. The molecule has 0 unspecified atom stereocenters. The topological polar surface area (TPSA) is 96.0 Å². The molecule has 1 aliphatic rings. The zero-order chi connectivity index (χ0) is 19.4. The highest BCUT2D eigenvalue weighted by molar-refractivity contribution is 7.90. The predicted molar refractivity (Wildman–Crippen MR) is 96.2 cm³/mol. The quantitative estimate of drug-likeness (QED) is 0.571. The van der Waals surface area contributed by atoms with Gasteiger partial charge in [-0.25, -0.2) is 13.2 Å². The van der Waals surface area contributed by atoms with Gasteiger partial charge in [0.25, 0.3) is 0 Å². The van der Waals surface area contributed by atoms with Gasteiger partial charge in [-0.15, -0.1) is 0 Å². The number of ether oxygens (including phenoxy) is 3. The van der Waals surface area contributed by atoms with Crippen LogP contribution in [0.25, 0.3) is 0 Å². The van der Waals surface area contributed by atoms with Crippen molar-refractivity contribution in [3.8, 4) is 11.5 Å². The van der Waals surface area contributed by atoms with Crippen molar-refractivity contribution in [1.29, 1.82) is 0 Å². The smallest absolute Gasteiger partial charge is 0.339 e. The van der Waals surface area contributed by atoms with E-state index in [0.29, 0.717) is 30.3 Å². The average molecular weight is 390 g/mol. The molecule has 7 nitrogen and oxygen atoms in total. The molecule has 0 saturated heterocycles. The molecule has 142 valence electrons. The summed E-state index contributed by atoms with van der Waals surface area (Å²) in [6, 6.07) is 10.4. The molecule has 27 heavy (non-hydrogen) atoms. The Hall–Kier alpha value is -2.87. The lowest BCUT2D eigenvalue weighted by atomic mass is 10.1. The lowest BCUT2D eigenvalue weighted by Gasteiger charge is -2.10. The minimum absolute atomic E-state index is 0.105. The standard InChI is InChI=1S/C19H18O7S/c1-27(22,23)18-6-3-2-5-14(18)19(21)26-12-15(20)13-7-8-16-17(11-13)25-10-4-9-24-16/h2-3,5-8,11H,4,9-10,12H2,1H3. The van der Waals surface area contributed by atoms with Crippen LogP contribution in [0.1, 0.15) is 27.1 Å². The summed E-state index contributed by atoms with van der Waals surface area (Å²) in [5, 5.41) is 0. The maximum Gasteiger partial charge on any atom is 0.339 e. The third kappa shape index (κ3) is 4.46. The van der Waals surface area contributed by atoms with Crippen molar-refractivity contribution in [3.63, 3.8) is 0 Å². The highest BCUT2D eigenvalue weighted by atomic mass is 32.2. The zero-order valence-electron chi connectivity index (χ0n) is 14.6. The number of sulfone groups is 1. The molecule has 0 saturated carbocycles. The molecule has 1 heterocycles. The molecule has 0 fully saturated rings. The Kier molecular flexibility index (Phi) is 5.46. The highest BCUT2D eigenvalue weighted by Gasteiger charge is 2.21. The second kappa shape index (κ2) is 7.79. The Morgan fingerprint density at radius 1 is 1.04 bits per heavy atom. The molecule has 0 bridgehead atoms. The molecule has 3 rings (SSSR count). The highest BCUT2D eigenvalue weighted by Crippen LogP contribution is 2.30. The van der Waals surface area contributed by atoms with Crippen LogP contribution in [-0.4, -0.2) is 46.2 Å². The fourth-order valence-corrected chi connectivity index (χ4v) is 3.46. The van der Waals surface area contributed by atoms with Crippen LogP contribution in [0, 0.1) is 0 Å². The Morgan fingerprint density at radius 3 is 2.48 bits per heavy atom.